The third-order valence-corrected chi connectivity index (χ3v) is 4.38. The van der Waals surface area contributed by atoms with Gasteiger partial charge in [0.15, 0.2) is 0 Å². The lowest BCUT2D eigenvalue weighted by atomic mass is 9.97. The van der Waals surface area contributed by atoms with E-state index < -0.39 is 0 Å². The molecule has 1 aromatic heterocycles. The molecule has 5 heteroatoms. The highest BCUT2D eigenvalue weighted by Gasteiger charge is 2.29. The Morgan fingerprint density at radius 3 is 2.86 bits per heavy atom. The van der Waals surface area contributed by atoms with Crippen LogP contribution < -0.4 is 0 Å². The number of hydrogen-bond donors (Lipinski definition) is 0. The highest BCUT2D eigenvalue weighted by Crippen LogP contribution is 2.22. The first-order valence-corrected chi connectivity index (χ1v) is 7.52. The maximum Gasteiger partial charge on any atom is 0.310 e. The molecule has 22 heavy (non-hydrogen) atoms. The summed E-state index contributed by atoms with van der Waals surface area (Å²) < 4.78 is 6.81. The molecular weight excluding hydrogens is 280 g/mol. The van der Waals surface area contributed by atoms with E-state index in [1.165, 1.54) is 7.11 Å². The molecule has 1 unspecified atom stereocenters. The van der Waals surface area contributed by atoms with Crippen LogP contribution in [-0.2, 0) is 16.6 Å². The number of aryl methyl sites for hydroxylation is 1. The van der Waals surface area contributed by atoms with Gasteiger partial charge in [0.2, 0.25) is 0 Å². The maximum atomic E-state index is 12.7. The van der Waals surface area contributed by atoms with Crippen molar-refractivity contribution in [1.82, 2.24) is 9.47 Å². The molecule has 0 radical (unpaired) electrons. The summed E-state index contributed by atoms with van der Waals surface area (Å²) in [7, 11) is 3.36. The molecular formula is C17H20N2O3. The van der Waals surface area contributed by atoms with E-state index in [-0.39, 0.29) is 17.8 Å². The van der Waals surface area contributed by atoms with Crippen molar-refractivity contribution < 1.29 is 14.3 Å². The van der Waals surface area contributed by atoms with E-state index in [1.54, 1.807) is 4.90 Å². The molecule has 0 aliphatic carbocycles. The Morgan fingerprint density at radius 1 is 1.27 bits per heavy atom. The van der Waals surface area contributed by atoms with Gasteiger partial charge in [-0.1, -0.05) is 6.07 Å². The maximum absolute atomic E-state index is 12.7. The largest absolute Gasteiger partial charge is 0.469 e. The molecule has 2 aromatic rings. The third kappa shape index (κ3) is 2.58. The van der Waals surface area contributed by atoms with Crippen molar-refractivity contribution in [2.75, 3.05) is 20.2 Å². The van der Waals surface area contributed by atoms with Gasteiger partial charge in [-0.3, -0.25) is 9.59 Å². The van der Waals surface area contributed by atoms with Gasteiger partial charge in [0.05, 0.1) is 13.0 Å². The number of carbonyl (C=O) groups excluding carboxylic acids is 2. The van der Waals surface area contributed by atoms with Gasteiger partial charge in [0.25, 0.3) is 5.91 Å². The first kappa shape index (κ1) is 14.6. The van der Waals surface area contributed by atoms with Gasteiger partial charge in [-0.15, -0.1) is 0 Å². The number of fused-ring (bicyclic) bond motifs is 1. The van der Waals surface area contributed by atoms with Crippen LogP contribution in [-0.4, -0.2) is 41.5 Å². The van der Waals surface area contributed by atoms with Gasteiger partial charge in [0.1, 0.15) is 0 Å². The summed E-state index contributed by atoms with van der Waals surface area (Å²) in [6.45, 7) is 1.13. The second kappa shape index (κ2) is 5.83. The molecule has 1 amide bonds. The summed E-state index contributed by atoms with van der Waals surface area (Å²) in [4.78, 5) is 26.1. The van der Waals surface area contributed by atoms with Crippen LogP contribution >= 0.6 is 0 Å². The van der Waals surface area contributed by atoms with Gasteiger partial charge in [-0.05, 0) is 36.4 Å². The number of amides is 1. The van der Waals surface area contributed by atoms with E-state index in [2.05, 4.69) is 0 Å². The Bertz CT molecular complexity index is 720. The fourth-order valence-electron chi connectivity index (χ4n) is 3.10. The van der Waals surface area contributed by atoms with Crippen LogP contribution in [0.2, 0.25) is 0 Å². The van der Waals surface area contributed by atoms with Crippen LogP contribution in [0.25, 0.3) is 10.9 Å². The van der Waals surface area contributed by atoms with Crippen LogP contribution in [0.5, 0.6) is 0 Å². The fraction of sp³-hybridized carbons (Fsp3) is 0.412. The molecule has 0 N–H and O–H groups in total. The number of hydrogen-bond acceptors (Lipinski definition) is 3. The molecule has 1 aliphatic heterocycles. The van der Waals surface area contributed by atoms with Crippen molar-refractivity contribution in [3.63, 3.8) is 0 Å². The average molecular weight is 300 g/mol. The predicted octanol–water partition coefficient (Wildman–Crippen LogP) is 2.20. The van der Waals surface area contributed by atoms with Crippen molar-refractivity contribution in [2.45, 2.75) is 12.8 Å². The second-order valence-corrected chi connectivity index (χ2v) is 5.81. The standard InChI is InChI=1S/C17H20N2O3/c1-18-9-7-12-5-6-13(10-15(12)18)16(20)19-8-3-4-14(11-19)17(21)22-2/h5-7,9-10,14H,3-4,8,11H2,1-2H3. The molecule has 1 fully saturated rings. The van der Waals surface area contributed by atoms with Crippen LogP contribution in [0.4, 0.5) is 0 Å². The molecule has 1 atom stereocenters. The molecule has 1 saturated heterocycles. The van der Waals surface area contributed by atoms with E-state index >= 15 is 0 Å². The van der Waals surface area contributed by atoms with E-state index in [0.717, 1.165) is 23.7 Å². The van der Waals surface area contributed by atoms with Crippen molar-refractivity contribution in [1.29, 1.82) is 0 Å². The minimum atomic E-state index is -0.226. The number of benzene rings is 1. The van der Waals surface area contributed by atoms with Crippen LogP contribution in [0.3, 0.4) is 0 Å². The molecule has 0 bridgehead atoms. The first-order chi connectivity index (χ1) is 10.6. The summed E-state index contributed by atoms with van der Waals surface area (Å²) in [5.41, 5.74) is 1.70. The lowest BCUT2D eigenvalue weighted by molar-refractivity contribution is -0.146. The van der Waals surface area contributed by atoms with Gasteiger partial charge < -0.3 is 14.2 Å². The summed E-state index contributed by atoms with van der Waals surface area (Å²) in [6.07, 6.45) is 3.60. The van der Waals surface area contributed by atoms with Crippen molar-refractivity contribution >= 4 is 22.8 Å². The molecule has 5 nitrogen and oxygen atoms in total. The smallest absolute Gasteiger partial charge is 0.310 e. The molecule has 3 rings (SSSR count). The number of ether oxygens (including phenoxy) is 1. The van der Waals surface area contributed by atoms with Gasteiger partial charge in [0, 0.05) is 37.4 Å². The van der Waals surface area contributed by atoms with Gasteiger partial charge in [-0.2, -0.15) is 0 Å². The van der Waals surface area contributed by atoms with Gasteiger partial charge in [-0.25, -0.2) is 0 Å². The Balaban J connectivity index is 1.82. The minimum absolute atomic E-state index is 0.0169. The number of aromatic nitrogens is 1. The average Bonchev–Trinajstić information content (AvgIpc) is 2.94. The topological polar surface area (TPSA) is 51.5 Å². The first-order valence-electron chi connectivity index (χ1n) is 7.52. The van der Waals surface area contributed by atoms with Crippen LogP contribution in [0.1, 0.15) is 23.2 Å². The number of methoxy groups -OCH3 is 1. The Kier molecular flexibility index (Phi) is 3.88. The number of nitrogens with zero attached hydrogens (tertiary/aromatic N) is 2. The summed E-state index contributed by atoms with van der Waals surface area (Å²) >= 11 is 0. The molecule has 1 aliphatic rings. The molecule has 0 spiro atoms. The van der Waals surface area contributed by atoms with E-state index in [0.29, 0.717) is 18.7 Å². The SMILES string of the molecule is COC(=O)C1CCCN(C(=O)c2ccc3ccn(C)c3c2)C1. The van der Waals surface area contributed by atoms with E-state index in [4.69, 9.17) is 4.74 Å². The molecule has 1 aromatic carbocycles. The van der Waals surface area contributed by atoms with Gasteiger partial charge >= 0.3 is 5.97 Å². The molecule has 116 valence electrons. The molecule has 0 saturated carbocycles. The zero-order valence-electron chi connectivity index (χ0n) is 12.9. The number of likely N-dealkylation sites (tertiary alicyclic amines) is 1. The lowest BCUT2D eigenvalue weighted by Gasteiger charge is -2.31. The Morgan fingerprint density at radius 2 is 2.09 bits per heavy atom. The van der Waals surface area contributed by atoms with Crippen LogP contribution in [0.15, 0.2) is 30.5 Å². The zero-order valence-corrected chi connectivity index (χ0v) is 12.9. The second-order valence-electron chi connectivity index (χ2n) is 5.81. The highest BCUT2D eigenvalue weighted by atomic mass is 16.5. The van der Waals surface area contributed by atoms with E-state index in [1.807, 2.05) is 42.1 Å². The predicted molar refractivity (Wildman–Crippen MR) is 83.6 cm³/mol. The summed E-state index contributed by atoms with van der Waals surface area (Å²) in [5.74, 6) is -0.450. The number of carbonyl (C=O) groups is 2. The third-order valence-electron chi connectivity index (χ3n) is 4.38. The summed E-state index contributed by atoms with van der Waals surface area (Å²) in [5, 5.41) is 1.12. The Hall–Kier alpha value is -2.30. The van der Waals surface area contributed by atoms with Crippen molar-refractivity contribution in [3.05, 3.63) is 36.0 Å². The minimum Gasteiger partial charge on any atom is -0.469 e. The lowest BCUT2D eigenvalue weighted by Crippen LogP contribution is -2.42. The van der Waals surface area contributed by atoms with E-state index in [9.17, 15) is 9.59 Å². The monoisotopic (exact) mass is 300 g/mol. The normalized spacial score (nSPS) is 18.5. The Labute approximate surface area is 129 Å². The highest BCUT2D eigenvalue weighted by molar-refractivity contribution is 5.98. The number of piperidine rings is 1. The fourth-order valence-corrected chi connectivity index (χ4v) is 3.10. The van der Waals surface area contributed by atoms with Crippen molar-refractivity contribution in [3.8, 4) is 0 Å². The molecule has 2 heterocycles. The quantitative estimate of drug-likeness (QED) is 0.799. The number of esters is 1. The van der Waals surface area contributed by atoms with Crippen LogP contribution in [0, 0.1) is 5.92 Å². The van der Waals surface area contributed by atoms with Crippen molar-refractivity contribution in [2.24, 2.45) is 13.0 Å². The summed E-state index contributed by atoms with van der Waals surface area (Å²) in [6, 6.07) is 7.76. The zero-order chi connectivity index (χ0) is 15.7. The number of rotatable bonds is 2.